The van der Waals surface area contributed by atoms with E-state index in [4.69, 9.17) is 9.26 Å². The van der Waals surface area contributed by atoms with E-state index in [1.54, 1.807) is 11.8 Å². The fourth-order valence-corrected chi connectivity index (χ4v) is 3.80. The molecule has 3 aromatic heterocycles. The van der Waals surface area contributed by atoms with Gasteiger partial charge in [-0.1, -0.05) is 17.3 Å². The van der Waals surface area contributed by atoms with Gasteiger partial charge >= 0.3 is 0 Å². The summed E-state index contributed by atoms with van der Waals surface area (Å²) >= 11 is 0. The van der Waals surface area contributed by atoms with Crippen LogP contribution in [0.1, 0.15) is 46.2 Å². The van der Waals surface area contributed by atoms with Gasteiger partial charge in [-0.05, 0) is 44.0 Å². The van der Waals surface area contributed by atoms with Crippen LogP contribution in [0, 0.1) is 6.92 Å². The third kappa shape index (κ3) is 3.65. The van der Waals surface area contributed by atoms with Crippen molar-refractivity contribution in [1.29, 1.82) is 0 Å². The predicted octanol–water partition coefficient (Wildman–Crippen LogP) is 3.75. The van der Waals surface area contributed by atoms with E-state index in [-0.39, 0.29) is 5.91 Å². The maximum absolute atomic E-state index is 13.3. The Kier molecular flexibility index (Phi) is 4.69. The molecule has 0 bridgehead atoms. The molecule has 1 saturated carbocycles. The van der Waals surface area contributed by atoms with Gasteiger partial charge in [0, 0.05) is 24.2 Å². The van der Waals surface area contributed by atoms with Crippen molar-refractivity contribution in [3.8, 4) is 17.0 Å². The molecule has 158 valence electrons. The number of hydrogen-bond acceptors (Lipinski definition) is 6. The van der Waals surface area contributed by atoms with E-state index in [0.29, 0.717) is 40.6 Å². The number of fused-ring (bicyclic) bond motifs is 1. The fraction of sp³-hybridized carbons (Fsp3) is 0.304. The van der Waals surface area contributed by atoms with E-state index in [1.807, 2.05) is 50.4 Å². The number of carbonyl (C=O) groups excluding carboxylic acids is 1. The molecule has 0 unspecified atom stereocenters. The van der Waals surface area contributed by atoms with Crippen LogP contribution in [0.2, 0.25) is 0 Å². The molecule has 1 aromatic carbocycles. The van der Waals surface area contributed by atoms with Crippen molar-refractivity contribution in [2.45, 2.75) is 32.2 Å². The molecule has 1 aliphatic carbocycles. The second-order valence-electron chi connectivity index (χ2n) is 7.90. The molecule has 1 N–H and O–H groups in total. The van der Waals surface area contributed by atoms with Crippen molar-refractivity contribution in [2.24, 2.45) is 7.05 Å². The summed E-state index contributed by atoms with van der Waals surface area (Å²) in [6.07, 6.45) is 2.15. The minimum atomic E-state index is -0.194. The fourth-order valence-electron chi connectivity index (χ4n) is 3.80. The Balaban J connectivity index is 1.56. The first kappa shape index (κ1) is 19.3. The molecule has 8 nitrogen and oxygen atoms in total. The molecule has 0 aliphatic heterocycles. The van der Waals surface area contributed by atoms with Crippen LogP contribution in [-0.2, 0) is 13.6 Å². The zero-order valence-electron chi connectivity index (χ0n) is 17.7. The monoisotopic (exact) mass is 417 g/mol. The summed E-state index contributed by atoms with van der Waals surface area (Å²) in [6.45, 7) is 2.30. The van der Waals surface area contributed by atoms with Crippen molar-refractivity contribution in [2.75, 3.05) is 7.11 Å². The zero-order valence-corrected chi connectivity index (χ0v) is 17.7. The molecule has 0 radical (unpaired) electrons. The smallest absolute Gasteiger partial charge is 0.259 e. The van der Waals surface area contributed by atoms with Crippen LogP contribution in [0.4, 0.5) is 0 Å². The highest BCUT2D eigenvalue weighted by atomic mass is 16.5. The summed E-state index contributed by atoms with van der Waals surface area (Å²) in [5, 5.41) is 12.2. The van der Waals surface area contributed by atoms with Crippen molar-refractivity contribution in [3.63, 3.8) is 0 Å². The zero-order chi connectivity index (χ0) is 21.5. The minimum Gasteiger partial charge on any atom is -0.497 e. The third-order valence-corrected chi connectivity index (χ3v) is 5.58. The van der Waals surface area contributed by atoms with Crippen molar-refractivity contribution in [3.05, 3.63) is 59.0 Å². The van der Waals surface area contributed by atoms with Crippen molar-refractivity contribution in [1.82, 2.24) is 25.2 Å². The normalized spacial score (nSPS) is 13.5. The summed E-state index contributed by atoms with van der Waals surface area (Å²) in [4.78, 5) is 17.9. The van der Waals surface area contributed by atoms with Crippen LogP contribution >= 0.6 is 0 Å². The molecule has 1 fully saturated rings. The Hall–Kier alpha value is -3.68. The first-order valence-corrected chi connectivity index (χ1v) is 10.3. The van der Waals surface area contributed by atoms with Crippen LogP contribution in [-0.4, -0.2) is 32.9 Å². The maximum atomic E-state index is 13.3. The predicted molar refractivity (Wildman–Crippen MR) is 115 cm³/mol. The molecule has 4 aromatic rings. The first-order valence-electron chi connectivity index (χ1n) is 10.3. The molecule has 5 rings (SSSR count). The van der Waals surface area contributed by atoms with Gasteiger partial charge in [0.25, 0.3) is 11.6 Å². The number of rotatable bonds is 6. The van der Waals surface area contributed by atoms with Gasteiger partial charge in [-0.3, -0.25) is 9.48 Å². The summed E-state index contributed by atoms with van der Waals surface area (Å²) in [7, 11) is 3.48. The molecule has 8 heteroatoms. The van der Waals surface area contributed by atoms with Gasteiger partial charge in [-0.25, -0.2) is 4.98 Å². The van der Waals surface area contributed by atoms with Crippen LogP contribution in [0.5, 0.6) is 5.75 Å². The number of hydrogen-bond donors (Lipinski definition) is 1. The van der Waals surface area contributed by atoms with E-state index in [9.17, 15) is 4.79 Å². The van der Waals surface area contributed by atoms with Crippen LogP contribution < -0.4 is 10.1 Å². The highest BCUT2D eigenvalue weighted by Gasteiger charge is 2.29. The lowest BCUT2D eigenvalue weighted by molar-refractivity contribution is 0.0951. The first-order chi connectivity index (χ1) is 15.0. The number of aromatic nitrogens is 4. The van der Waals surface area contributed by atoms with E-state index < -0.39 is 0 Å². The van der Waals surface area contributed by atoms with Gasteiger partial charge in [0.05, 0.1) is 36.0 Å². The number of carbonyl (C=O) groups is 1. The molecular weight excluding hydrogens is 394 g/mol. The Morgan fingerprint density at radius 2 is 2.13 bits per heavy atom. The van der Waals surface area contributed by atoms with Gasteiger partial charge < -0.3 is 14.6 Å². The molecular formula is C23H23N5O3. The van der Waals surface area contributed by atoms with E-state index in [0.717, 1.165) is 35.5 Å². The van der Waals surface area contributed by atoms with Crippen molar-refractivity contribution >= 4 is 17.0 Å². The Morgan fingerprint density at radius 3 is 2.84 bits per heavy atom. The average Bonchev–Trinajstić information content (AvgIpc) is 3.46. The standard InChI is InChI=1S/C23H23N5O3/c1-13-9-16(28(2)26-13)12-24-22(29)18-11-19(14-7-8-14)25-23-20(18)21(27-31-23)15-5-4-6-17(10-15)30-3/h4-6,9-11,14H,7-8,12H2,1-3H3,(H,24,29). The molecule has 31 heavy (non-hydrogen) atoms. The number of benzene rings is 1. The molecule has 0 saturated heterocycles. The average molecular weight is 417 g/mol. The lowest BCUT2D eigenvalue weighted by atomic mass is 10.0. The summed E-state index contributed by atoms with van der Waals surface area (Å²) in [5.41, 5.74) is 4.99. The highest BCUT2D eigenvalue weighted by molar-refractivity contribution is 6.09. The number of aryl methyl sites for hydroxylation is 2. The lowest BCUT2D eigenvalue weighted by Gasteiger charge is -2.09. The van der Waals surface area contributed by atoms with E-state index in [1.165, 1.54) is 0 Å². The molecule has 1 aliphatic rings. The van der Waals surface area contributed by atoms with Crippen LogP contribution in [0.15, 0.2) is 40.9 Å². The van der Waals surface area contributed by atoms with Gasteiger partial charge in [0.15, 0.2) is 0 Å². The molecule has 1 amide bonds. The largest absolute Gasteiger partial charge is 0.497 e. The minimum absolute atomic E-state index is 0.194. The number of methoxy groups -OCH3 is 1. The Labute approximate surface area is 179 Å². The molecule has 3 heterocycles. The van der Waals surface area contributed by atoms with Crippen LogP contribution in [0.25, 0.3) is 22.4 Å². The highest BCUT2D eigenvalue weighted by Crippen LogP contribution is 2.41. The van der Waals surface area contributed by atoms with Gasteiger partial charge in [-0.15, -0.1) is 0 Å². The van der Waals surface area contributed by atoms with E-state index in [2.05, 4.69) is 20.6 Å². The topological polar surface area (TPSA) is 95.1 Å². The third-order valence-electron chi connectivity index (χ3n) is 5.58. The number of nitrogens with one attached hydrogen (secondary N) is 1. The quantitative estimate of drug-likeness (QED) is 0.513. The number of nitrogens with zero attached hydrogens (tertiary/aromatic N) is 4. The number of pyridine rings is 1. The summed E-state index contributed by atoms with van der Waals surface area (Å²) in [6, 6.07) is 11.4. The lowest BCUT2D eigenvalue weighted by Crippen LogP contribution is -2.24. The number of amides is 1. The van der Waals surface area contributed by atoms with E-state index >= 15 is 0 Å². The van der Waals surface area contributed by atoms with Crippen LogP contribution in [0.3, 0.4) is 0 Å². The molecule has 0 spiro atoms. The second kappa shape index (κ2) is 7.54. The number of ether oxygens (including phenoxy) is 1. The second-order valence-corrected chi connectivity index (χ2v) is 7.90. The van der Waals surface area contributed by atoms with Gasteiger partial charge in [-0.2, -0.15) is 5.10 Å². The van der Waals surface area contributed by atoms with Gasteiger partial charge in [0.1, 0.15) is 11.4 Å². The summed E-state index contributed by atoms with van der Waals surface area (Å²) < 4.78 is 12.7. The van der Waals surface area contributed by atoms with Gasteiger partial charge in [0.2, 0.25) is 0 Å². The Morgan fingerprint density at radius 1 is 1.29 bits per heavy atom. The Bertz CT molecular complexity index is 1290. The SMILES string of the molecule is COc1cccc(-c2noc3nc(C4CC4)cc(C(=O)NCc4cc(C)nn4C)c23)c1. The molecule has 0 atom stereocenters. The van der Waals surface area contributed by atoms with Crippen molar-refractivity contribution < 1.29 is 14.1 Å². The summed E-state index contributed by atoms with van der Waals surface area (Å²) in [5.74, 6) is 0.885. The maximum Gasteiger partial charge on any atom is 0.259 e.